The van der Waals surface area contributed by atoms with Crippen molar-refractivity contribution in [2.24, 2.45) is 5.41 Å². The third kappa shape index (κ3) is 3.18. The second-order valence-electron chi connectivity index (χ2n) is 7.55. The van der Waals surface area contributed by atoms with Crippen LogP contribution in [0.5, 0.6) is 0 Å². The third-order valence-corrected chi connectivity index (χ3v) is 6.02. The highest BCUT2D eigenvalue weighted by Crippen LogP contribution is 2.42. The Morgan fingerprint density at radius 3 is 2.65 bits per heavy atom. The number of pyridine rings is 1. The van der Waals surface area contributed by atoms with Crippen LogP contribution in [0.4, 0.5) is 5.82 Å². The normalized spacial score (nSPS) is 19.6. The lowest BCUT2D eigenvalue weighted by Gasteiger charge is -2.39. The zero-order valence-corrected chi connectivity index (χ0v) is 15.9. The van der Waals surface area contributed by atoms with Gasteiger partial charge in [-0.05, 0) is 38.8 Å². The van der Waals surface area contributed by atoms with Gasteiger partial charge in [-0.1, -0.05) is 16.8 Å². The Morgan fingerprint density at radius 2 is 2.04 bits per heavy atom. The van der Waals surface area contributed by atoms with E-state index in [1.807, 2.05) is 30.9 Å². The number of anilines is 1. The molecule has 1 spiro atoms. The molecule has 4 heterocycles. The van der Waals surface area contributed by atoms with Gasteiger partial charge in [-0.25, -0.2) is 4.98 Å². The molecule has 0 unspecified atom stereocenters. The van der Waals surface area contributed by atoms with E-state index in [4.69, 9.17) is 16.1 Å². The molecule has 0 bridgehead atoms. The fraction of sp³-hybridized carbons (Fsp3) is 0.526. The van der Waals surface area contributed by atoms with E-state index >= 15 is 0 Å². The van der Waals surface area contributed by atoms with Crippen molar-refractivity contribution in [3.05, 3.63) is 40.4 Å². The highest BCUT2D eigenvalue weighted by atomic mass is 35.5. The van der Waals surface area contributed by atoms with Crippen molar-refractivity contribution in [2.75, 3.05) is 24.5 Å². The molecule has 0 saturated carbocycles. The average molecular weight is 375 g/mol. The standard InChI is InChI=1S/C19H23ClN4O2/c1-13-16(14(2)26-22-13)11-24-12-19(9-18(24)25)5-7-23(8-6-19)17-4-3-15(20)10-21-17/h3-4,10H,5-9,11-12H2,1-2H3. The number of likely N-dealkylation sites (tertiary alicyclic amines) is 1. The summed E-state index contributed by atoms with van der Waals surface area (Å²) in [7, 11) is 0. The van der Waals surface area contributed by atoms with Gasteiger partial charge in [0.15, 0.2) is 0 Å². The molecule has 2 aliphatic heterocycles. The van der Waals surface area contributed by atoms with Crippen LogP contribution in [0.1, 0.15) is 36.3 Å². The van der Waals surface area contributed by atoms with Gasteiger partial charge in [0.1, 0.15) is 11.6 Å². The van der Waals surface area contributed by atoms with Crippen LogP contribution in [0.3, 0.4) is 0 Å². The summed E-state index contributed by atoms with van der Waals surface area (Å²) in [5.74, 6) is 2.00. The van der Waals surface area contributed by atoms with Gasteiger partial charge in [-0.3, -0.25) is 4.79 Å². The minimum Gasteiger partial charge on any atom is -0.361 e. The molecule has 0 atom stereocenters. The van der Waals surface area contributed by atoms with Crippen molar-refractivity contribution >= 4 is 23.3 Å². The lowest BCUT2D eigenvalue weighted by Crippen LogP contribution is -2.41. The number of hydrogen-bond donors (Lipinski definition) is 0. The maximum absolute atomic E-state index is 12.6. The van der Waals surface area contributed by atoms with Crippen LogP contribution in [-0.4, -0.2) is 40.6 Å². The van der Waals surface area contributed by atoms with Crippen LogP contribution in [0.2, 0.25) is 5.02 Å². The molecular formula is C19H23ClN4O2. The molecule has 0 aliphatic carbocycles. The molecule has 0 radical (unpaired) electrons. The summed E-state index contributed by atoms with van der Waals surface area (Å²) in [6, 6.07) is 3.84. The minimum absolute atomic E-state index is 0.0823. The SMILES string of the molecule is Cc1noc(C)c1CN1CC2(CCN(c3ccc(Cl)cn3)CC2)CC1=O. The first-order valence-corrected chi connectivity index (χ1v) is 9.40. The number of carbonyl (C=O) groups is 1. The van der Waals surface area contributed by atoms with Crippen LogP contribution in [0.15, 0.2) is 22.9 Å². The molecule has 26 heavy (non-hydrogen) atoms. The number of carbonyl (C=O) groups excluding carboxylic acids is 1. The lowest BCUT2D eigenvalue weighted by atomic mass is 9.77. The molecule has 4 rings (SSSR count). The number of aryl methyl sites for hydroxylation is 2. The average Bonchev–Trinajstić information content (AvgIpc) is 3.10. The molecule has 0 N–H and O–H groups in total. The van der Waals surface area contributed by atoms with E-state index in [0.717, 1.165) is 55.3 Å². The van der Waals surface area contributed by atoms with Crippen LogP contribution < -0.4 is 4.90 Å². The number of hydrogen-bond acceptors (Lipinski definition) is 5. The quantitative estimate of drug-likeness (QED) is 0.824. The first-order chi connectivity index (χ1) is 12.5. The van der Waals surface area contributed by atoms with Gasteiger partial charge in [-0.2, -0.15) is 0 Å². The molecule has 2 aromatic heterocycles. The summed E-state index contributed by atoms with van der Waals surface area (Å²) in [6.07, 6.45) is 4.33. The number of halogens is 1. The molecule has 138 valence electrons. The smallest absolute Gasteiger partial charge is 0.223 e. The number of aromatic nitrogens is 2. The molecule has 1 amide bonds. The van der Waals surface area contributed by atoms with Crippen LogP contribution in [-0.2, 0) is 11.3 Å². The molecule has 2 fully saturated rings. The number of amides is 1. The van der Waals surface area contributed by atoms with Gasteiger partial charge >= 0.3 is 0 Å². The van der Waals surface area contributed by atoms with Crippen molar-refractivity contribution in [1.82, 2.24) is 15.0 Å². The predicted molar refractivity (Wildman–Crippen MR) is 99.1 cm³/mol. The largest absolute Gasteiger partial charge is 0.361 e. The number of piperidine rings is 1. The zero-order valence-electron chi connectivity index (χ0n) is 15.2. The van der Waals surface area contributed by atoms with E-state index in [0.29, 0.717) is 18.0 Å². The van der Waals surface area contributed by atoms with Gasteiger partial charge in [0.25, 0.3) is 0 Å². The van der Waals surface area contributed by atoms with Gasteiger partial charge in [0.05, 0.1) is 17.3 Å². The van der Waals surface area contributed by atoms with Gasteiger partial charge in [0.2, 0.25) is 5.91 Å². The Labute approximate surface area is 158 Å². The summed E-state index contributed by atoms with van der Waals surface area (Å²) in [5.41, 5.74) is 2.00. The zero-order chi connectivity index (χ0) is 18.3. The molecule has 2 aromatic rings. The Kier molecular flexibility index (Phi) is 4.39. The van der Waals surface area contributed by atoms with Crippen molar-refractivity contribution in [3.8, 4) is 0 Å². The van der Waals surface area contributed by atoms with E-state index in [-0.39, 0.29) is 11.3 Å². The fourth-order valence-corrected chi connectivity index (χ4v) is 4.26. The van der Waals surface area contributed by atoms with E-state index in [2.05, 4.69) is 15.0 Å². The maximum Gasteiger partial charge on any atom is 0.223 e. The molecule has 6 nitrogen and oxygen atoms in total. The molecule has 0 aromatic carbocycles. The van der Waals surface area contributed by atoms with Crippen LogP contribution in [0.25, 0.3) is 0 Å². The minimum atomic E-state index is 0.0823. The summed E-state index contributed by atoms with van der Waals surface area (Å²) in [6.45, 7) is 7.09. The third-order valence-electron chi connectivity index (χ3n) is 5.80. The Bertz CT molecular complexity index is 790. The first kappa shape index (κ1) is 17.3. The molecule has 2 saturated heterocycles. The highest BCUT2D eigenvalue weighted by molar-refractivity contribution is 6.30. The Morgan fingerprint density at radius 1 is 1.27 bits per heavy atom. The van der Waals surface area contributed by atoms with Crippen LogP contribution in [0, 0.1) is 19.3 Å². The predicted octanol–water partition coefficient (Wildman–Crippen LogP) is 3.36. The van der Waals surface area contributed by atoms with Crippen LogP contribution >= 0.6 is 11.6 Å². The highest BCUT2D eigenvalue weighted by Gasteiger charge is 2.45. The molecular weight excluding hydrogens is 352 g/mol. The van der Waals surface area contributed by atoms with Crippen molar-refractivity contribution in [2.45, 2.75) is 39.7 Å². The Balaban J connectivity index is 1.41. The monoisotopic (exact) mass is 374 g/mol. The van der Waals surface area contributed by atoms with Gasteiger partial charge in [0, 0.05) is 43.2 Å². The van der Waals surface area contributed by atoms with Crippen molar-refractivity contribution in [1.29, 1.82) is 0 Å². The van der Waals surface area contributed by atoms with Gasteiger partial charge < -0.3 is 14.3 Å². The maximum atomic E-state index is 12.6. The summed E-state index contributed by atoms with van der Waals surface area (Å²) in [4.78, 5) is 21.3. The first-order valence-electron chi connectivity index (χ1n) is 9.02. The van der Waals surface area contributed by atoms with E-state index in [1.54, 1.807) is 6.20 Å². The second-order valence-corrected chi connectivity index (χ2v) is 7.99. The number of nitrogens with zero attached hydrogens (tertiary/aromatic N) is 4. The lowest BCUT2D eigenvalue weighted by molar-refractivity contribution is -0.128. The second kappa shape index (κ2) is 6.58. The van der Waals surface area contributed by atoms with Gasteiger partial charge in [-0.15, -0.1) is 0 Å². The topological polar surface area (TPSA) is 62.5 Å². The van der Waals surface area contributed by atoms with E-state index in [1.165, 1.54) is 0 Å². The summed E-state index contributed by atoms with van der Waals surface area (Å²) in [5, 5.41) is 4.65. The summed E-state index contributed by atoms with van der Waals surface area (Å²) < 4.78 is 5.24. The van der Waals surface area contributed by atoms with E-state index in [9.17, 15) is 4.79 Å². The summed E-state index contributed by atoms with van der Waals surface area (Å²) >= 11 is 5.93. The molecule has 7 heteroatoms. The van der Waals surface area contributed by atoms with Crippen molar-refractivity contribution < 1.29 is 9.32 Å². The number of rotatable bonds is 3. The molecule has 2 aliphatic rings. The van der Waals surface area contributed by atoms with Crippen molar-refractivity contribution in [3.63, 3.8) is 0 Å². The fourth-order valence-electron chi connectivity index (χ4n) is 4.14. The van der Waals surface area contributed by atoms with E-state index < -0.39 is 0 Å². The Hall–Kier alpha value is -2.08.